The van der Waals surface area contributed by atoms with Gasteiger partial charge in [0.15, 0.2) is 12.6 Å². The van der Waals surface area contributed by atoms with Gasteiger partial charge >= 0.3 is 6.18 Å². The minimum absolute atomic E-state index is 0.0481. The van der Waals surface area contributed by atoms with Crippen molar-refractivity contribution in [2.45, 2.75) is 37.0 Å². The van der Waals surface area contributed by atoms with Crippen LogP contribution in [0.2, 0.25) is 0 Å². The summed E-state index contributed by atoms with van der Waals surface area (Å²) in [5, 5.41) is 16.4. The first-order valence-corrected chi connectivity index (χ1v) is 10.1. The number of ether oxygens (including phenoxy) is 1. The van der Waals surface area contributed by atoms with Crippen molar-refractivity contribution < 1.29 is 22.3 Å². The topological polar surface area (TPSA) is 76.9 Å². The van der Waals surface area contributed by atoms with Crippen molar-refractivity contribution in [2.75, 3.05) is 13.4 Å². The van der Waals surface area contributed by atoms with Gasteiger partial charge in [-0.3, -0.25) is 5.32 Å². The van der Waals surface area contributed by atoms with E-state index >= 15 is 0 Å². The number of tetrazole rings is 1. The van der Waals surface area contributed by atoms with Crippen molar-refractivity contribution in [2.24, 2.45) is 0 Å². The van der Waals surface area contributed by atoms with Crippen molar-refractivity contribution in [1.29, 1.82) is 0 Å². The third-order valence-electron chi connectivity index (χ3n) is 5.57. The Bertz CT molecular complexity index is 1000. The first-order valence-electron chi connectivity index (χ1n) is 10.1. The van der Waals surface area contributed by atoms with Gasteiger partial charge in [-0.15, -0.1) is 5.10 Å². The Hall–Kier alpha value is -2.89. The lowest BCUT2D eigenvalue weighted by atomic mass is 9.85. The fourth-order valence-electron chi connectivity index (χ4n) is 4.10. The summed E-state index contributed by atoms with van der Waals surface area (Å²) < 4.78 is 60.0. The van der Waals surface area contributed by atoms with Gasteiger partial charge in [0.2, 0.25) is 0 Å². The summed E-state index contributed by atoms with van der Waals surface area (Å²) in [5.41, 5.74) is 0.345. The third kappa shape index (κ3) is 4.50. The Labute approximate surface area is 181 Å². The predicted molar refractivity (Wildman–Crippen MR) is 107 cm³/mol. The molecule has 1 aliphatic rings. The second kappa shape index (κ2) is 9.31. The maximum Gasteiger partial charge on any atom is 0.453 e. The minimum atomic E-state index is -4.69. The van der Waals surface area contributed by atoms with Crippen LogP contribution in [0.5, 0.6) is 0 Å². The molecule has 0 spiro atoms. The molecule has 2 N–H and O–H groups in total. The molecule has 0 bridgehead atoms. The highest BCUT2D eigenvalue weighted by molar-refractivity contribution is 5.26. The molecule has 0 radical (unpaired) electrons. The number of nitrogens with one attached hydrogen (secondary N) is 2. The van der Waals surface area contributed by atoms with Gasteiger partial charge in [0.1, 0.15) is 0 Å². The second-order valence-electron chi connectivity index (χ2n) is 7.49. The van der Waals surface area contributed by atoms with E-state index in [1.54, 1.807) is 24.3 Å². The van der Waals surface area contributed by atoms with E-state index in [-0.39, 0.29) is 13.0 Å². The van der Waals surface area contributed by atoms with E-state index in [0.717, 1.165) is 10.2 Å². The summed E-state index contributed by atoms with van der Waals surface area (Å²) in [5.74, 6) is -1.18. The number of nitrogens with zero attached hydrogens (tertiary/aromatic N) is 4. The Morgan fingerprint density at radius 3 is 2.44 bits per heavy atom. The summed E-state index contributed by atoms with van der Waals surface area (Å²) in [4.78, 5) is 0. The molecule has 0 saturated carbocycles. The summed E-state index contributed by atoms with van der Waals surface area (Å²) in [6, 6.07) is 17.2. The highest BCUT2D eigenvalue weighted by atomic mass is 19.4. The molecule has 1 aliphatic heterocycles. The summed E-state index contributed by atoms with van der Waals surface area (Å²) >= 11 is 0. The average Bonchev–Trinajstić information content (AvgIpc) is 3.30. The fourth-order valence-corrected chi connectivity index (χ4v) is 4.10. The number of hydrogen-bond acceptors (Lipinski definition) is 6. The van der Waals surface area contributed by atoms with Crippen LogP contribution in [0, 0.1) is 0 Å². The zero-order valence-corrected chi connectivity index (χ0v) is 17.0. The molecule has 0 amide bonds. The van der Waals surface area contributed by atoms with Gasteiger partial charge in [0.25, 0.3) is 5.82 Å². The Morgan fingerprint density at radius 2 is 1.78 bits per heavy atom. The second-order valence-corrected chi connectivity index (χ2v) is 7.49. The van der Waals surface area contributed by atoms with Gasteiger partial charge in [-0.1, -0.05) is 60.7 Å². The van der Waals surface area contributed by atoms with Crippen LogP contribution in [-0.4, -0.2) is 39.7 Å². The monoisotopic (exact) mass is 450 g/mol. The number of alkyl halides is 4. The zero-order chi connectivity index (χ0) is 22.6. The molecule has 11 heteroatoms. The SMILES string of the molecule is FCO[C@]1(c2ccccc2)NCC(n2nnnc2C(F)(F)F)C[C@@H]1NCc1ccccc1. The lowest BCUT2D eigenvalue weighted by Gasteiger charge is -2.47. The number of rotatable bonds is 7. The van der Waals surface area contributed by atoms with Crippen molar-refractivity contribution >= 4 is 0 Å². The predicted octanol–water partition coefficient (Wildman–Crippen LogP) is 3.18. The van der Waals surface area contributed by atoms with E-state index in [2.05, 4.69) is 26.2 Å². The van der Waals surface area contributed by atoms with Gasteiger partial charge in [0.05, 0.1) is 12.1 Å². The van der Waals surface area contributed by atoms with E-state index in [1.807, 2.05) is 36.4 Å². The molecule has 3 atom stereocenters. The average molecular weight is 450 g/mol. The molecular weight excluding hydrogens is 428 g/mol. The molecule has 170 valence electrons. The maximum atomic E-state index is 13.6. The third-order valence-corrected chi connectivity index (χ3v) is 5.57. The number of hydrogen-bond donors (Lipinski definition) is 2. The maximum absolute atomic E-state index is 13.6. The first kappa shape index (κ1) is 22.3. The summed E-state index contributed by atoms with van der Waals surface area (Å²) in [6.45, 7) is -0.618. The van der Waals surface area contributed by atoms with Crippen LogP contribution in [0.25, 0.3) is 0 Å². The van der Waals surface area contributed by atoms with E-state index in [9.17, 15) is 17.6 Å². The molecule has 1 saturated heterocycles. The zero-order valence-electron chi connectivity index (χ0n) is 17.0. The van der Waals surface area contributed by atoms with Gasteiger partial charge in [0, 0.05) is 18.7 Å². The molecule has 2 heterocycles. The standard InChI is InChI=1S/C21H22F4N6O/c22-14-32-20(16-9-5-2-6-10-16)18(26-12-15-7-3-1-4-8-15)11-17(13-27-20)31-19(21(23,24)25)28-29-30-31/h1-10,17-18,26-27H,11-14H2/t17?,18-,20-/m0/s1. The largest absolute Gasteiger partial charge is 0.453 e. The van der Waals surface area contributed by atoms with Crippen molar-refractivity contribution in [3.8, 4) is 0 Å². The molecule has 4 rings (SSSR count). The van der Waals surface area contributed by atoms with Crippen molar-refractivity contribution in [3.05, 3.63) is 77.6 Å². The quantitative estimate of drug-likeness (QED) is 0.539. The summed E-state index contributed by atoms with van der Waals surface area (Å²) in [7, 11) is 0. The van der Waals surface area contributed by atoms with Crippen molar-refractivity contribution in [3.63, 3.8) is 0 Å². The van der Waals surface area contributed by atoms with E-state index in [1.165, 1.54) is 0 Å². The Morgan fingerprint density at radius 1 is 1.09 bits per heavy atom. The smallest absolute Gasteiger partial charge is 0.324 e. The molecule has 32 heavy (non-hydrogen) atoms. The molecule has 7 nitrogen and oxygen atoms in total. The molecular formula is C21H22F4N6O. The van der Waals surface area contributed by atoms with Crippen LogP contribution in [0.1, 0.15) is 29.4 Å². The Balaban J connectivity index is 1.67. The highest BCUT2D eigenvalue weighted by Gasteiger charge is 2.48. The van der Waals surface area contributed by atoms with Gasteiger partial charge in [-0.05, 0) is 22.4 Å². The molecule has 2 aromatic carbocycles. The van der Waals surface area contributed by atoms with Gasteiger partial charge in [-0.2, -0.15) is 13.2 Å². The van der Waals surface area contributed by atoms with Crippen LogP contribution in [0.15, 0.2) is 60.7 Å². The van der Waals surface area contributed by atoms with E-state index in [0.29, 0.717) is 12.1 Å². The normalized spacial score (nSPS) is 23.9. The first-order chi connectivity index (χ1) is 15.4. The van der Waals surface area contributed by atoms with Crippen LogP contribution in [0.4, 0.5) is 17.6 Å². The molecule has 0 aliphatic carbocycles. The van der Waals surface area contributed by atoms with Crippen LogP contribution in [-0.2, 0) is 23.2 Å². The molecule has 1 fully saturated rings. The number of aromatic nitrogens is 4. The lowest BCUT2D eigenvalue weighted by Crippen LogP contribution is -2.64. The number of benzene rings is 2. The van der Waals surface area contributed by atoms with Crippen LogP contribution < -0.4 is 10.6 Å². The van der Waals surface area contributed by atoms with E-state index < -0.39 is 36.7 Å². The van der Waals surface area contributed by atoms with Gasteiger partial charge < -0.3 is 10.1 Å². The Kier molecular flexibility index (Phi) is 6.49. The van der Waals surface area contributed by atoms with Crippen molar-refractivity contribution in [1.82, 2.24) is 30.8 Å². The minimum Gasteiger partial charge on any atom is -0.324 e. The van der Waals surface area contributed by atoms with E-state index in [4.69, 9.17) is 4.74 Å². The molecule has 1 aromatic heterocycles. The molecule has 1 unspecified atom stereocenters. The lowest BCUT2D eigenvalue weighted by molar-refractivity contribution is -0.158. The molecule has 3 aromatic rings. The van der Waals surface area contributed by atoms with Crippen LogP contribution >= 0.6 is 0 Å². The number of piperidine rings is 1. The number of halogens is 4. The summed E-state index contributed by atoms with van der Waals surface area (Å²) in [6.07, 6.45) is -4.53. The fraction of sp³-hybridized carbons (Fsp3) is 0.381. The van der Waals surface area contributed by atoms with Crippen LogP contribution in [0.3, 0.4) is 0 Å². The highest BCUT2D eigenvalue weighted by Crippen LogP contribution is 2.37. The van der Waals surface area contributed by atoms with Gasteiger partial charge in [-0.25, -0.2) is 9.07 Å².